The number of rotatable bonds is 11. The molecule has 194 valence electrons. The Bertz CT molecular complexity index is 1410. The number of nitrogens with one attached hydrogen (secondary N) is 3. The molecule has 0 spiro atoms. The van der Waals surface area contributed by atoms with Gasteiger partial charge in [0.15, 0.2) is 0 Å². The van der Waals surface area contributed by atoms with E-state index in [0.717, 1.165) is 6.07 Å². The van der Waals surface area contributed by atoms with Crippen LogP contribution in [0.4, 0.5) is 22.7 Å². The van der Waals surface area contributed by atoms with E-state index in [0.29, 0.717) is 22.9 Å². The van der Waals surface area contributed by atoms with Crippen molar-refractivity contribution in [3.05, 3.63) is 76.8 Å². The molecule has 0 radical (unpaired) electrons. The highest BCUT2D eigenvalue weighted by molar-refractivity contribution is 7.92. The number of anilines is 3. The predicted octanol–water partition coefficient (Wildman–Crippen LogP) is 4.23. The second-order valence-corrected chi connectivity index (χ2v) is 9.36. The van der Waals surface area contributed by atoms with Gasteiger partial charge in [-0.05, 0) is 67.6 Å². The van der Waals surface area contributed by atoms with Crippen molar-refractivity contribution in [1.29, 1.82) is 0 Å². The van der Waals surface area contributed by atoms with Crippen LogP contribution in [-0.2, 0) is 14.8 Å². The lowest BCUT2D eigenvalue weighted by molar-refractivity contribution is -0.384. The van der Waals surface area contributed by atoms with E-state index < -0.39 is 20.6 Å². The van der Waals surface area contributed by atoms with Gasteiger partial charge in [0.1, 0.15) is 17.2 Å². The van der Waals surface area contributed by atoms with Crippen molar-refractivity contribution in [3.8, 4) is 11.5 Å². The van der Waals surface area contributed by atoms with Gasteiger partial charge in [-0.1, -0.05) is 0 Å². The Morgan fingerprint density at radius 2 is 1.51 bits per heavy atom. The van der Waals surface area contributed by atoms with Crippen molar-refractivity contribution in [2.75, 3.05) is 29.7 Å². The van der Waals surface area contributed by atoms with E-state index in [1.165, 1.54) is 38.5 Å². The number of ether oxygens (including phenoxy) is 2. The van der Waals surface area contributed by atoms with E-state index in [4.69, 9.17) is 9.47 Å². The second kappa shape index (κ2) is 11.9. The Labute approximate surface area is 213 Å². The van der Waals surface area contributed by atoms with Crippen LogP contribution in [0.2, 0.25) is 0 Å². The number of hydrogen-bond acceptors (Lipinski definition) is 9. The average molecular weight is 528 g/mol. The zero-order valence-corrected chi connectivity index (χ0v) is 21.0. The number of methoxy groups -OCH3 is 2. The monoisotopic (exact) mass is 527 g/mol. The topological polar surface area (TPSA) is 161 Å². The molecule has 0 saturated heterocycles. The van der Waals surface area contributed by atoms with Gasteiger partial charge in [-0.25, -0.2) is 8.42 Å². The number of benzene rings is 3. The van der Waals surface area contributed by atoms with E-state index in [2.05, 4.69) is 20.6 Å². The molecule has 0 aliphatic rings. The number of nitro benzene ring substituents is 1. The molecule has 13 heteroatoms. The molecule has 3 rings (SSSR count). The minimum absolute atomic E-state index is 0.0386. The molecule has 0 saturated carbocycles. The molecular weight excluding hydrogens is 502 g/mol. The van der Waals surface area contributed by atoms with Crippen LogP contribution in [0.25, 0.3) is 0 Å². The first-order valence-corrected chi connectivity index (χ1v) is 12.3. The number of hydrogen-bond donors (Lipinski definition) is 3. The minimum Gasteiger partial charge on any atom is -0.497 e. The van der Waals surface area contributed by atoms with Crippen molar-refractivity contribution >= 4 is 44.4 Å². The van der Waals surface area contributed by atoms with Crippen LogP contribution in [0, 0.1) is 10.1 Å². The van der Waals surface area contributed by atoms with Crippen LogP contribution >= 0.6 is 0 Å². The molecule has 0 aliphatic heterocycles. The van der Waals surface area contributed by atoms with Crippen LogP contribution < -0.4 is 24.9 Å². The van der Waals surface area contributed by atoms with E-state index >= 15 is 0 Å². The summed E-state index contributed by atoms with van der Waals surface area (Å²) in [5.41, 5.74) is 3.18. The molecule has 1 amide bonds. The van der Waals surface area contributed by atoms with Gasteiger partial charge in [0, 0.05) is 23.2 Å². The number of carbonyl (C=O) groups is 1. The van der Waals surface area contributed by atoms with Crippen LogP contribution in [0.3, 0.4) is 0 Å². The van der Waals surface area contributed by atoms with Gasteiger partial charge in [-0.2, -0.15) is 5.10 Å². The maximum absolute atomic E-state index is 12.8. The SMILES string of the molecule is COc1ccc(NC(=O)C/C(C)=N\Nc2ccc(S(=O)(=O)Nc3ccc(OC)cc3)cc2[N+](=O)[O-])cc1. The zero-order chi connectivity index (χ0) is 27.0. The fraction of sp³-hybridized carbons (Fsp3) is 0.167. The Balaban J connectivity index is 1.69. The third-order valence-corrected chi connectivity index (χ3v) is 6.35. The fourth-order valence-corrected chi connectivity index (χ4v) is 4.18. The van der Waals surface area contributed by atoms with Crippen LogP contribution in [0.1, 0.15) is 13.3 Å². The highest BCUT2D eigenvalue weighted by Crippen LogP contribution is 2.29. The van der Waals surface area contributed by atoms with Crippen molar-refractivity contribution < 1.29 is 27.6 Å². The quantitative estimate of drug-likeness (QED) is 0.190. The normalized spacial score (nSPS) is 11.4. The van der Waals surface area contributed by atoms with Gasteiger partial charge in [0.05, 0.1) is 30.5 Å². The first-order chi connectivity index (χ1) is 17.6. The lowest BCUT2D eigenvalue weighted by atomic mass is 10.2. The van der Waals surface area contributed by atoms with E-state index in [9.17, 15) is 23.3 Å². The fourth-order valence-electron chi connectivity index (χ4n) is 3.10. The molecule has 0 heterocycles. The van der Waals surface area contributed by atoms with Gasteiger partial charge >= 0.3 is 0 Å². The molecule has 0 aromatic heterocycles. The Morgan fingerprint density at radius 1 is 0.946 bits per heavy atom. The smallest absolute Gasteiger partial charge is 0.295 e. The average Bonchev–Trinajstić information content (AvgIpc) is 2.88. The van der Waals surface area contributed by atoms with Crippen LogP contribution in [0.15, 0.2) is 76.7 Å². The molecule has 0 aliphatic carbocycles. The summed E-state index contributed by atoms with van der Waals surface area (Å²) in [5.74, 6) is 0.855. The molecule has 37 heavy (non-hydrogen) atoms. The van der Waals surface area contributed by atoms with Gasteiger partial charge < -0.3 is 14.8 Å². The third kappa shape index (κ3) is 7.41. The molecule has 3 aromatic carbocycles. The summed E-state index contributed by atoms with van der Waals surface area (Å²) >= 11 is 0. The standard InChI is InChI=1S/C24H25N5O7S/c1-16(14-24(30)25-17-4-8-19(35-2)9-5-17)26-27-22-13-12-21(15-23(22)29(31)32)37(33,34)28-18-6-10-20(36-3)11-7-18/h4-13,15,27-28H,14H2,1-3H3,(H,25,30)/b26-16-. The van der Waals surface area contributed by atoms with E-state index in [1.54, 1.807) is 43.3 Å². The largest absolute Gasteiger partial charge is 0.497 e. The molecule has 0 atom stereocenters. The number of sulfonamides is 1. The van der Waals surface area contributed by atoms with Gasteiger partial charge in [0.25, 0.3) is 15.7 Å². The first kappa shape index (κ1) is 26.9. The highest BCUT2D eigenvalue weighted by atomic mass is 32.2. The van der Waals surface area contributed by atoms with Gasteiger partial charge in [0.2, 0.25) is 5.91 Å². The minimum atomic E-state index is -4.11. The third-order valence-electron chi connectivity index (χ3n) is 4.98. The Hall–Kier alpha value is -4.65. The van der Waals surface area contributed by atoms with Crippen molar-refractivity contribution in [2.24, 2.45) is 5.10 Å². The maximum Gasteiger partial charge on any atom is 0.295 e. The summed E-state index contributed by atoms with van der Waals surface area (Å²) in [6, 6.07) is 16.3. The second-order valence-electron chi connectivity index (χ2n) is 7.68. The summed E-state index contributed by atoms with van der Waals surface area (Å²) in [4.78, 5) is 22.8. The number of carbonyl (C=O) groups excluding carboxylic acids is 1. The predicted molar refractivity (Wildman–Crippen MR) is 140 cm³/mol. The highest BCUT2D eigenvalue weighted by Gasteiger charge is 2.22. The van der Waals surface area contributed by atoms with Crippen molar-refractivity contribution in [3.63, 3.8) is 0 Å². The lowest BCUT2D eigenvalue weighted by Crippen LogP contribution is -2.16. The number of hydrazone groups is 1. The number of nitro groups is 1. The maximum atomic E-state index is 12.8. The van der Waals surface area contributed by atoms with Gasteiger partial charge in [-0.15, -0.1) is 0 Å². The zero-order valence-electron chi connectivity index (χ0n) is 20.2. The summed E-state index contributed by atoms with van der Waals surface area (Å²) in [5, 5.41) is 18.4. The molecular formula is C24H25N5O7S. The van der Waals surface area contributed by atoms with Crippen LogP contribution in [0.5, 0.6) is 11.5 Å². The summed E-state index contributed by atoms with van der Waals surface area (Å²) in [6.07, 6.45) is -0.0783. The molecule has 0 fully saturated rings. The summed E-state index contributed by atoms with van der Waals surface area (Å²) < 4.78 is 38.0. The molecule has 12 nitrogen and oxygen atoms in total. The summed E-state index contributed by atoms with van der Waals surface area (Å²) in [6.45, 7) is 1.57. The lowest BCUT2D eigenvalue weighted by Gasteiger charge is -2.10. The Morgan fingerprint density at radius 3 is 2.05 bits per heavy atom. The molecule has 3 aromatic rings. The molecule has 0 bridgehead atoms. The van der Waals surface area contributed by atoms with Gasteiger partial charge in [-0.3, -0.25) is 25.1 Å². The first-order valence-electron chi connectivity index (χ1n) is 10.8. The molecule has 0 unspecified atom stereocenters. The van der Waals surface area contributed by atoms with Crippen molar-refractivity contribution in [1.82, 2.24) is 0 Å². The van der Waals surface area contributed by atoms with E-state index in [1.807, 2.05) is 0 Å². The number of nitrogens with zero attached hydrogens (tertiary/aromatic N) is 2. The summed E-state index contributed by atoms with van der Waals surface area (Å²) in [7, 11) is -1.09. The Kier molecular flexibility index (Phi) is 8.64. The molecule has 3 N–H and O–H groups in total. The van der Waals surface area contributed by atoms with Crippen LogP contribution in [-0.4, -0.2) is 39.2 Å². The van der Waals surface area contributed by atoms with E-state index in [-0.39, 0.29) is 28.6 Å². The van der Waals surface area contributed by atoms with Crippen molar-refractivity contribution in [2.45, 2.75) is 18.2 Å². The number of amides is 1.